The van der Waals surface area contributed by atoms with Gasteiger partial charge < -0.3 is 21.3 Å². The SMILES string of the molecule is NC(=O)C1CCCN(c2ccc(NC(=O)CN3C(=O)NC4(CCc5ccccc54)C3=O)cn2)C1. The van der Waals surface area contributed by atoms with Crippen LogP contribution in [0, 0.1) is 5.92 Å². The first-order valence-corrected chi connectivity index (χ1v) is 11.4. The predicted molar refractivity (Wildman–Crippen MR) is 124 cm³/mol. The summed E-state index contributed by atoms with van der Waals surface area (Å²) in [4.78, 5) is 57.3. The van der Waals surface area contributed by atoms with Gasteiger partial charge in [-0.15, -0.1) is 0 Å². The number of amides is 5. The number of aromatic nitrogens is 1. The van der Waals surface area contributed by atoms with Crippen LogP contribution in [-0.4, -0.2) is 53.3 Å². The summed E-state index contributed by atoms with van der Waals surface area (Å²) in [6, 6.07) is 10.4. The van der Waals surface area contributed by atoms with E-state index in [1.165, 1.54) is 6.20 Å². The summed E-state index contributed by atoms with van der Waals surface area (Å²) in [5, 5.41) is 5.51. The number of fused-ring (bicyclic) bond motifs is 2. The van der Waals surface area contributed by atoms with Gasteiger partial charge in [0.25, 0.3) is 5.91 Å². The Labute approximate surface area is 196 Å². The van der Waals surface area contributed by atoms with E-state index < -0.39 is 23.4 Å². The number of pyridine rings is 1. The Kier molecular flexibility index (Phi) is 5.43. The van der Waals surface area contributed by atoms with Crippen molar-refractivity contribution in [3.8, 4) is 0 Å². The van der Waals surface area contributed by atoms with Crippen LogP contribution >= 0.6 is 0 Å². The van der Waals surface area contributed by atoms with E-state index in [4.69, 9.17) is 5.73 Å². The number of hydrogen-bond acceptors (Lipinski definition) is 6. The molecule has 1 spiro atoms. The Bertz CT molecular complexity index is 1170. The van der Waals surface area contributed by atoms with E-state index in [0.717, 1.165) is 35.4 Å². The molecule has 10 heteroatoms. The summed E-state index contributed by atoms with van der Waals surface area (Å²) in [6.45, 7) is 0.910. The molecule has 10 nitrogen and oxygen atoms in total. The Morgan fingerprint density at radius 3 is 2.79 bits per heavy atom. The van der Waals surface area contributed by atoms with Crippen LogP contribution in [0.2, 0.25) is 0 Å². The van der Waals surface area contributed by atoms with Gasteiger partial charge in [-0.3, -0.25) is 19.3 Å². The molecule has 2 fully saturated rings. The van der Waals surface area contributed by atoms with Gasteiger partial charge >= 0.3 is 6.03 Å². The van der Waals surface area contributed by atoms with Crippen molar-refractivity contribution in [1.82, 2.24) is 15.2 Å². The highest BCUT2D eigenvalue weighted by molar-refractivity contribution is 6.10. The van der Waals surface area contributed by atoms with E-state index >= 15 is 0 Å². The number of nitrogens with one attached hydrogen (secondary N) is 2. The standard InChI is InChI=1S/C24H26N6O4/c25-21(32)16-5-3-11-29(13-16)19-8-7-17(12-26-19)27-20(31)14-30-22(33)24(28-23(30)34)10-9-15-4-1-2-6-18(15)24/h1-2,4,6-8,12,16H,3,5,9-11,13-14H2,(H2,25,32)(H,27,31)(H,28,34). The number of aryl methyl sites for hydroxylation is 1. The van der Waals surface area contributed by atoms with Crippen LogP contribution in [0.1, 0.15) is 30.4 Å². The average Bonchev–Trinajstić information content (AvgIpc) is 3.32. The number of anilines is 2. The smallest absolute Gasteiger partial charge is 0.325 e. The third-order valence-electron chi connectivity index (χ3n) is 6.90. The van der Waals surface area contributed by atoms with Crippen molar-refractivity contribution in [2.45, 2.75) is 31.2 Å². The van der Waals surface area contributed by atoms with Crippen LogP contribution < -0.4 is 21.3 Å². The number of benzene rings is 1. The summed E-state index contributed by atoms with van der Waals surface area (Å²) in [7, 11) is 0. The minimum absolute atomic E-state index is 0.200. The predicted octanol–water partition coefficient (Wildman–Crippen LogP) is 1.12. The van der Waals surface area contributed by atoms with Crippen molar-refractivity contribution < 1.29 is 19.2 Å². The number of carbonyl (C=O) groups excluding carboxylic acids is 4. The molecule has 2 aliphatic heterocycles. The van der Waals surface area contributed by atoms with Crippen molar-refractivity contribution in [1.29, 1.82) is 0 Å². The number of rotatable bonds is 5. The van der Waals surface area contributed by atoms with Gasteiger partial charge in [-0.05, 0) is 48.9 Å². The zero-order valence-corrected chi connectivity index (χ0v) is 18.6. The highest BCUT2D eigenvalue weighted by atomic mass is 16.2. The molecular weight excluding hydrogens is 436 g/mol. The molecule has 5 amide bonds. The molecule has 1 aromatic carbocycles. The van der Waals surface area contributed by atoms with Gasteiger partial charge in [0.05, 0.1) is 17.8 Å². The van der Waals surface area contributed by atoms with E-state index in [9.17, 15) is 19.2 Å². The van der Waals surface area contributed by atoms with Gasteiger partial charge in [0, 0.05) is 13.1 Å². The highest BCUT2D eigenvalue weighted by Gasteiger charge is 2.55. The molecule has 2 saturated heterocycles. The van der Waals surface area contributed by atoms with Crippen molar-refractivity contribution >= 4 is 35.3 Å². The summed E-state index contributed by atoms with van der Waals surface area (Å²) < 4.78 is 0. The molecule has 4 N–H and O–H groups in total. The van der Waals surface area contributed by atoms with Gasteiger partial charge in [-0.25, -0.2) is 9.78 Å². The fraction of sp³-hybridized carbons (Fsp3) is 0.375. The molecule has 2 unspecified atom stereocenters. The molecule has 3 heterocycles. The second-order valence-corrected chi connectivity index (χ2v) is 9.02. The van der Waals surface area contributed by atoms with Crippen molar-refractivity contribution in [2.24, 2.45) is 11.7 Å². The fourth-order valence-corrected chi connectivity index (χ4v) is 5.14. The lowest BCUT2D eigenvalue weighted by Crippen LogP contribution is -2.43. The number of urea groups is 1. The van der Waals surface area contributed by atoms with E-state index in [0.29, 0.717) is 30.9 Å². The molecule has 0 bridgehead atoms. The molecule has 2 aromatic rings. The van der Waals surface area contributed by atoms with Crippen LogP contribution in [-0.2, 0) is 26.3 Å². The van der Waals surface area contributed by atoms with Crippen LogP contribution in [0.5, 0.6) is 0 Å². The highest BCUT2D eigenvalue weighted by Crippen LogP contribution is 2.41. The molecule has 1 aromatic heterocycles. The molecule has 3 aliphatic rings. The zero-order chi connectivity index (χ0) is 23.9. The van der Waals surface area contributed by atoms with E-state index in [1.54, 1.807) is 12.1 Å². The monoisotopic (exact) mass is 462 g/mol. The maximum absolute atomic E-state index is 13.2. The first-order chi connectivity index (χ1) is 16.4. The lowest BCUT2D eigenvalue weighted by molar-refractivity contribution is -0.134. The number of primary amides is 1. The molecule has 0 saturated carbocycles. The Morgan fingerprint density at radius 2 is 2.03 bits per heavy atom. The lowest BCUT2D eigenvalue weighted by Gasteiger charge is -2.32. The van der Waals surface area contributed by atoms with Crippen molar-refractivity contribution in [3.05, 3.63) is 53.7 Å². The number of hydrogen-bond donors (Lipinski definition) is 3. The topological polar surface area (TPSA) is 138 Å². The lowest BCUT2D eigenvalue weighted by atomic mass is 9.92. The second kappa shape index (κ2) is 8.44. The summed E-state index contributed by atoms with van der Waals surface area (Å²) in [6.07, 6.45) is 4.31. The number of imide groups is 1. The third-order valence-corrected chi connectivity index (χ3v) is 6.90. The van der Waals surface area contributed by atoms with E-state index in [1.807, 2.05) is 29.2 Å². The van der Waals surface area contributed by atoms with Crippen LogP contribution in [0.15, 0.2) is 42.6 Å². The van der Waals surface area contributed by atoms with E-state index in [-0.39, 0.29) is 18.4 Å². The number of piperidine rings is 1. The molecule has 2 atom stereocenters. The molecule has 5 rings (SSSR count). The Hall–Kier alpha value is -3.95. The Balaban J connectivity index is 1.22. The molecule has 176 valence electrons. The summed E-state index contributed by atoms with van der Waals surface area (Å²) in [5.41, 5.74) is 6.64. The van der Waals surface area contributed by atoms with Crippen LogP contribution in [0.25, 0.3) is 0 Å². The van der Waals surface area contributed by atoms with Crippen LogP contribution in [0.4, 0.5) is 16.3 Å². The maximum atomic E-state index is 13.2. The quantitative estimate of drug-likeness (QED) is 0.569. The second-order valence-electron chi connectivity index (χ2n) is 9.02. The largest absolute Gasteiger partial charge is 0.369 e. The third kappa shape index (κ3) is 3.74. The fourth-order valence-electron chi connectivity index (χ4n) is 5.14. The molecular formula is C24H26N6O4. The van der Waals surface area contributed by atoms with Crippen molar-refractivity contribution in [3.63, 3.8) is 0 Å². The Morgan fingerprint density at radius 1 is 1.21 bits per heavy atom. The normalized spacial score (nSPS) is 23.7. The van der Waals surface area contributed by atoms with Gasteiger partial charge in [0.1, 0.15) is 17.9 Å². The van der Waals surface area contributed by atoms with Gasteiger partial charge in [-0.1, -0.05) is 24.3 Å². The minimum Gasteiger partial charge on any atom is -0.369 e. The number of carbonyl (C=O) groups is 4. The van der Waals surface area contributed by atoms with E-state index in [2.05, 4.69) is 15.6 Å². The summed E-state index contributed by atoms with van der Waals surface area (Å²) in [5.74, 6) is -0.709. The molecule has 34 heavy (non-hydrogen) atoms. The van der Waals surface area contributed by atoms with Gasteiger partial charge in [-0.2, -0.15) is 0 Å². The summed E-state index contributed by atoms with van der Waals surface area (Å²) >= 11 is 0. The maximum Gasteiger partial charge on any atom is 0.325 e. The van der Waals surface area contributed by atoms with Gasteiger partial charge in [0.2, 0.25) is 11.8 Å². The molecule has 0 radical (unpaired) electrons. The van der Waals surface area contributed by atoms with Crippen molar-refractivity contribution in [2.75, 3.05) is 29.9 Å². The minimum atomic E-state index is -1.09. The zero-order valence-electron chi connectivity index (χ0n) is 18.6. The number of nitrogens with zero attached hydrogens (tertiary/aromatic N) is 3. The first-order valence-electron chi connectivity index (χ1n) is 11.4. The van der Waals surface area contributed by atoms with Crippen LogP contribution in [0.3, 0.4) is 0 Å². The first kappa shape index (κ1) is 21.9. The molecule has 1 aliphatic carbocycles. The number of nitrogens with two attached hydrogens (primary N) is 1. The average molecular weight is 463 g/mol. The van der Waals surface area contributed by atoms with Gasteiger partial charge in [0.15, 0.2) is 0 Å².